The van der Waals surface area contributed by atoms with Gasteiger partial charge in [0.15, 0.2) is 0 Å². The number of rotatable bonds is 4. The lowest BCUT2D eigenvalue weighted by Crippen LogP contribution is -2.38. The van der Waals surface area contributed by atoms with Crippen LogP contribution in [0.2, 0.25) is 0 Å². The zero-order valence-corrected chi connectivity index (χ0v) is 12.7. The van der Waals surface area contributed by atoms with E-state index in [-0.39, 0.29) is 0 Å². The molecule has 0 aliphatic heterocycles. The Bertz CT molecular complexity index is 236. The van der Waals surface area contributed by atoms with Gasteiger partial charge in [-0.2, -0.15) is 0 Å². The lowest BCUT2D eigenvalue weighted by Gasteiger charge is -2.41. The molecule has 0 amide bonds. The van der Waals surface area contributed by atoms with E-state index in [1.807, 2.05) is 0 Å². The van der Waals surface area contributed by atoms with E-state index in [4.69, 9.17) is 4.74 Å². The van der Waals surface area contributed by atoms with Gasteiger partial charge in [-0.3, -0.25) is 0 Å². The monoisotopic (exact) mass is 252 g/mol. The van der Waals surface area contributed by atoms with Crippen molar-refractivity contribution in [3.63, 3.8) is 0 Å². The second-order valence-electron chi connectivity index (χ2n) is 7.10. The number of ether oxygens (including phenoxy) is 1. The Morgan fingerprint density at radius 3 is 2.06 bits per heavy atom. The number of hydrogen-bond donors (Lipinski definition) is 0. The smallest absolute Gasteiger partial charge is 0.0604 e. The average Bonchev–Trinajstić information content (AvgIpc) is 2.40. The van der Waals surface area contributed by atoms with Gasteiger partial charge in [0.2, 0.25) is 0 Å². The molecule has 0 aromatic carbocycles. The van der Waals surface area contributed by atoms with Crippen LogP contribution in [-0.2, 0) is 4.74 Å². The van der Waals surface area contributed by atoms with Crippen molar-refractivity contribution in [2.45, 2.75) is 97.2 Å². The van der Waals surface area contributed by atoms with Crippen molar-refractivity contribution in [3.05, 3.63) is 0 Å². The Morgan fingerprint density at radius 1 is 0.889 bits per heavy atom. The van der Waals surface area contributed by atoms with Crippen molar-refractivity contribution in [1.29, 1.82) is 0 Å². The van der Waals surface area contributed by atoms with Crippen LogP contribution in [-0.4, -0.2) is 12.2 Å². The van der Waals surface area contributed by atoms with Gasteiger partial charge in [-0.25, -0.2) is 0 Å². The summed E-state index contributed by atoms with van der Waals surface area (Å²) in [5, 5.41) is 0. The third-order valence-corrected chi connectivity index (χ3v) is 5.71. The van der Waals surface area contributed by atoms with Crippen LogP contribution in [0, 0.1) is 11.3 Å². The molecule has 0 N–H and O–H groups in total. The first-order valence-electron chi connectivity index (χ1n) is 8.27. The maximum Gasteiger partial charge on any atom is 0.0604 e. The Balaban J connectivity index is 1.83. The highest BCUT2D eigenvalue weighted by Gasteiger charge is 2.35. The summed E-state index contributed by atoms with van der Waals surface area (Å²) in [5.41, 5.74) is 0.446. The van der Waals surface area contributed by atoms with Gasteiger partial charge < -0.3 is 4.74 Å². The lowest BCUT2D eigenvalue weighted by atomic mass is 9.72. The summed E-state index contributed by atoms with van der Waals surface area (Å²) < 4.78 is 6.43. The molecule has 2 atom stereocenters. The van der Waals surface area contributed by atoms with Gasteiger partial charge in [0, 0.05) is 0 Å². The summed E-state index contributed by atoms with van der Waals surface area (Å²) in [6, 6.07) is 0. The molecule has 2 rings (SSSR count). The second kappa shape index (κ2) is 6.41. The molecular weight excluding hydrogens is 220 g/mol. The van der Waals surface area contributed by atoms with Crippen LogP contribution in [0.1, 0.15) is 85.0 Å². The van der Waals surface area contributed by atoms with Crippen molar-refractivity contribution in [1.82, 2.24) is 0 Å². The number of hydrogen-bond acceptors (Lipinski definition) is 1. The third-order valence-electron chi connectivity index (χ3n) is 5.71. The fourth-order valence-corrected chi connectivity index (χ4v) is 3.97. The summed E-state index contributed by atoms with van der Waals surface area (Å²) in [5.74, 6) is 0.827. The van der Waals surface area contributed by atoms with Crippen LogP contribution >= 0.6 is 0 Å². The standard InChI is InChI=1S/C17H32O/c1-14(16-10-6-4-7-11-16)18-15(2)17(3)12-8-5-9-13-17/h14-16H,4-13H2,1-3H3. The van der Waals surface area contributed by atoms with E-state index in [0.717, 1.165) is 5.92 Å². The molecule has 0 spiro atoms. The van der Waals surface area contributed by atoms with Gasteiger partial charge in [-0.1, -0.05) is 45.4 Å². The van der Waals surface area contributed by atoms with E-state index >= 15 is 0 Å². The maximum atomic E-state index is 6.43. The van der Waals surface area contributed by atoms with Crippen molar-refractivity contribution in [2.24, 2.45) is 11.3 Å². The third kappa shape index (κ3) is 3.50. The predicted octanol–water partition coefficient (Wildman–Crippen LogP) is 5.33. The van der Waals surface area contributed by atoms with Gasteiger partial charge in [0.05, 0.1) is 12.2 Å². The molecule has 2 fully saturated rings. The van der Waals surface area contributed by atoms with Gasteiger partial charge in [0.25, 0.3) is 0 Å². The molecule has 1 heteroatoms. The molecule has 2 saturated carbocycles. The molecule has 0 radical (unpaired) electrons. The molecule has 106 valence electrons. The van der Waals surface area contributed by atoms with Crippen LogP contribution in [0.4, 0.5) is 0 Å². The van der Waals surface area contributed by atoms with Gasteiger partial charge in [-0.05, 0) is 50.9 Å². The fraction of sp³-hybridized carbons (Fsp3) is 1.00. The minimum absolute atomic E-state index is 0.440. The highest BCUT2D eigenvalue weighted by Crippen LogP contribution is 2.41. The normalized spacial score (nSPS) is 28.8. The molecule has 2 unspecified atom stereocenters. The van der Waals surface area contributed by atoms with Gasteiger partial charge in [0.1, 0.15) is 0 Å². The van der Waals surface area contributed by atoms with Crippen LogP contribution in [0.25, 0.3) is 0 Å². The maximum absolute atomic E-state index is 6.43. The SMILES string of the molecule is CC(OC(C)C1(C)CCCCC1)C1CCCCC1. The fourth-order valence-electron chi connectivity index (χ4n) is 3.97. The highest BCUT2D eigenvalue weighted by atomic mass is 16.5. The van der Waals surface area contributed by atoms with Gasteiger partial charge >= 0.3 is 0 Å². The highest BCUT2D eigenvalue weighted by molar-refractivity contribution is 4.85. The van der Waals surface area contributed by atoms with Crippen molar-refractivity contribution in [2.75, 3.05) is 0 Å². The van der Waals surface area contributed by atoms with E-state index in [2.05, 4.69) is 20.8 Å². The largest absolute Gasteiger partial charge is 0.375 e. The molecule has 0 aromatic heterocycles. The van der Waals surface area contributed by atoms with Crippen LogP contribution in [0.3, 0.4) is 0 Å². The first-order valence-corrected chi connectivity index (χ1v) is 8.27. The van der Waals surface area contributed by atoms with Crippen molar-refractivity contribution >= 4 is 0 Å². The van der Waals surface area contributed by atoms with Crippen molar-refractivity contribution in [3.8, 4) is 0 Å². The lowest BCUT2D eigenvalue weighted by molar-refractivity contribution is -0.0968. The molecule has 18 heavy (non-hydrogen) atoms. The first kappa shape index (κ1) is 14.4. The molecule has 2 aliphatic rings. The molecule has 0 bridgehead atoms. The van der Waals surface area contributed by atoms with E-state index in [1.165, 1.54) is 64.2 Å². The van der Waals surface area contributed by atoms with Crippen LogP contribution in [0.5, 0.6) is 0 Å². The minimum Gasteiger partial charge on any atom is -0.375 e. The molecule has 2 aliphatic carbocycles. The first-order chi connectivity index (χ1) is 8.62. The molecule has 0 heterocycles. The summed E-state index contributed by atoms with van der Waals surface area (Å²) in [6.45, 7) is 7.09. The van der Waals surface area contributed by atoms with E-state index in [0.29, 0.717) is 17.6 Å². The molecule has 0 saturated heterocycles. The topological polar surface area (TPSA) is 9.23 Å². The Labute approximate surface area is 114 Å². The molecule has 1 nitrogen and oxygen atoms in total. The van der Waals surface area contributed by atoms with E-state index < -0.39 is 0 Å². The Morgan fingerprint density at radius 2 is 1.44 bits per heavy atom. The molecule has 0 aromatic rings. The summed E-state index contributed by atoms with van der Waals surface area (Å²) in [4.78, 5) is 0. The Kier molecular flexibility index (Phi) is 5.12. The quantitative estimate of drug-likeness (QED) is 0.657. The van der Waals surface area contributed by atoms with Crippen LogP contribution in [0.15, 0.2) is 0 Å². The summed E-state index contributed by atoms with van der Waals surface area (Å²) in [7, 11) is 0. The van der Waals surface area contributed by atoms with E-state index in [1.54, 1.807) is 0 Å². The average molecular weight is 252 g/mol. The van der Waals surface area contributed by atoms with Crippen molar-refractivity contribution < 1.29 is 4.74 Å². The second-order valence-corrected chi connectivity index (χ2v) is 7.10. The van der Waals surface area contributed by atoms with E-state index in [9.17, 15) is 0 Å². The summed E-state index contributed by atoms with van der Waals surface area (Å²) >= 11 is 0. The predicted molar refractivity (Wildman–Crippen MR) is 77.8 cm³/mol. The minimum atomic E-state index is 0.440. The van der Waals surface area contributed by atoms with Crippen LogP contribution < -0.4 is 0 Å². The molecular formula is C17H32O. The zero-order valence-electron chi connectivity index (χ0n) is 12.7. The van der Waals surface area contributed by atoms with Gasteiger partial charge in [-0.15, -0.1) is 0 Å². The zero-order chi connectivity index (χ0) is 13.0. The Hall–Kier alpha value is -0.0400. The summed E-state index contributed by atoms with van der Waals surface area (Å²) in [6.07, 6.45) is 15.0.